The number of aromatic carboxylic acids is 1. The van der Waals surface area contributed by atoms with Crippen molar-refractivity contribution in [3.63, 3.8) is 0 Å². The van der Waals surface area contributed by atoms with Crippen LogP contribution in [-0.4, -0.2) is 15.6 Å². The molecule has 0 saturated carbocycles. The molecule has 1 aromatic heterocycles. The molecule has 0 aliphatic rings. The molecular formula is C19H15F2NO2. The van der Waals surface area contributed by atoms with Crippen molar-refractivity contribution in [3.8, 4) is 16.8 Å². The molecule has 2 aromatic carbocycles. The van der Waals surface area contributed by atoms with Gasteiger partial charge in [0.2, 0.25) is 0 Å². The number of hydrogen-bond donors (Lipinski definition) is 1. The smallest absolute Gasteiger partial charge is 0.335 e. The zero-order valence-electron chi connectivity index (χ0n) is 12.9. The summed E-state index contributed by atoms with van der Waals surface area (Å²) in [7, 11) is 0. The van der Waals surface area contributed by atoms with Crippen molar-refractivity contribution in [1.82, 2.24) is 4.57 Å². The molecular weight excluding hydrogens is 312 g/mol. The van der Waals surface area contributed by atoms with Crippen LogP contribution in [0.25, 0.3) is 16.8 Å². The van der Waals surface area contributed by atoms with Crippen molar-refractivity contribution in [2.24, 2.45) is 0 Å². The summed E-state index contributed by atoms with van der Waals surface area (Å²) in [6.07, 6.45) is 3.40. The van der Waals surface area contributed by atoms with Crippen LogP contribution in [0, 0.1) is 0 Å². The molecule has 3 nitrogen and oxygen atoms in total. The fraction of sp³-hybridized carbons (Fsp3) is 0.105. The van der Waals surface area contributed by atoms with Gasteiger partial charge in [0.05, 0.1) is 11.3 Å². The quantitative estimate of drug-likeness (QED) is 0.736. The van der Waals surface area contributed by atoms with Crippen LogP contribution in [0.5, 0.6) is 0 Å². The molecule has 24 heavy (non-hydrogen) atoms. The maximum atomic E-state index is 13.8. The van der Waals surface area contributed by atoms with Crippen molar-refractivity contribution in [3.05, 3.63) is 78.1 Å². The van der Waals surface area contributed by atoms with Crippen LogP contribution in [0.2, 0.25) is 0 Å². The third-order valence-corrected chi connectivity index (χ3v) is 3.79. The van der Waals surface area contributed by atoms with Gasteiger partial charge in [0, 0.05) is 24.9 Å². The highest BCUT2D eigenvalue weighted by atomic mass is 19.3. The number of halogens is 2. The summed E-state index contributed by atoms with van der Waals surface area (Å²) in [5.41, 5.74) is 1.99. The van der Waals surface area contributed by atoms with Crippen LogP contribution in [0.15, 0.2) is 67.0 Å². The lowest BCUT2D eigenvalue weighted by Crippen LogP contribution is -2.11. The van der Waals surface area contributed by atoms with Crippen molar-refractivity contribution >= 4 is 5.97 Å². The number of rotatable bonds is 4. The average molecular weight is 327 g/mol. The fourth-order valence-electron chi connectivity index (χ4n) is 2.62. The molecule has 0 aliphatic heterocycles. The van der Waals surface area contributed by atoms with E-state index in [1.807, 2.05) is 0 Å². The van der Waals surface area contributed by atoms with E-state index in [1.54, 1.807) is 59.4 Å². The van der Waals surface area contributed by atoms with Crippen LogP contribution in [0.4, 0.5) is 8.78 Å². The minimum absolute atomic E-state index is 0.0635. The first-order chi connectivity index (χ1) is 11.4. The molecule has 1 N–H and O–H groups in total. The van der Waals surface area contributed by atoms with Gasteiger partial charge in [0.25, 0.3) is 5.92 Å². The van der Waals surface area contributed by atoms with Gasteiger partial charge in [-0.25, -0.2) is 13.6 Å². The minimum atomic E-state index is -2.95. The topological polar surface area (TPSA) is 42.2 Å². The van der Waals surface area contributed by atoms with Crippen LogP contribution < -0.4 is 0 Å². The average Bonchev–Trinajstić information content (AvgIpc) is 3.04. The van der Waals surface area contributed by atoms with Gasteiger partial charge >= 0.3 is 5.97 Å². The fourth-order valence-corrected chi connectivity index (χ4v) is 2.62. The Labute approximate surface area is 137 Å². The van der Waals surface area contributed by atoms with Crippen molar-refractivity contribution in [2.75, 3.05) is 0 Å². The largest absolute Gasteiger partial charge is 0.478 e. The molecule has 5 heteroatoms. The molecule has 3 rings (SSSR count). The van der Waals surface area contributed by atoms with Crippen molar-refractivity contribution in [2.45, 2.75) is 12.8 Å². The Bertz CT molecular complexity index is 894. The highest BCUT2D eigenvalue weighted by Gasteiger charge is 2.27. The highest BCUT2D eigenvalue weighted by molar-refractivity contribution is 5.89. The molecule has 1 heterocycles. The number of carboxylic acid groups (broad SMARTS) is 1. The first kappa shape index (κ1) is 15.9. The Hall–Kier alpha value is -2.95. The van der Waals surface area contributed by atoms with E-state index >= 15 is 0 Å². The maximum Gasteiger partial charge on any atom is 0.335 e. The molecule has 0 fully saturated rings. The molecule has 3 aromatic rings. The summed E-state index contributed by atoms with van der Waals surface area (Å²) in [6.45, 7) is 0.868. The van der Waals surface area contributed by atoms with E-state index in [1.165, 1.54) is 12.1 Å². The Morgan fingerprint density at radius 3 is 2.50 bits per heavy atom. The number of para-hydroxylation sites is 1. The number of alkyl halides is 2. The molecule has 0 spiro atoms. The summed E-state index contributed by atoms with van der Waals surface area (Å²) in [6, 6.07) is 14.6. The molecule has 0 amide bonds. The van der Waals surface area contributed by atoms with Crippen LogP contribution in [-0.2, 0) is 5.92 Å². The second-order valence-corrected chi connectivity index (χ2v) is 5.60. The molecule has 0 atom stereocenters. The number of carboxylic acids is 1. The molecule has 0 bridgehead atoms. The molecule has 0 saturated heterocycles. The zero-order chi connectivity index (χ0) is 17.3. The number of carbonyl (C=O) groups is 1. The molecule has 0 unspecified atom stereocenters. The van der Waals surface area contributed by atoms with E-state index in [-0.39, 0.29) is 11.1 Å². The Balaban J connectivity index is 2.04. The van der Waals surface area contributed by atoms with Crippen LogP contribution in [0.1, 0.15) is 22.8 Å². The van der Waals surface area contributed by atoms with E-state index < -0.39 is 11.9 Å². The lowest BCUT2D eigenvalue weighted by molar-refractivity contribution is 0.0174. The van der Waals surface area contributed by atoms with Gasteiger partial charge in [0.1, 0.15) is 0 Å². The Morgan fingerprint density at radius 1 is 1.04 bits per heavy atom. The third kappa shape index (κ3) is 3.06. The number of aromatic nitrogens is 1. The van der Waals surface area contributed by atoms with Crippen LogP contribution in [0.3, 0.4) is 0 Å². The number of hydrogen-bond acceptors (Lipinski definition) is 1. The van der Waals surface area contributed by atoms with Gasteiger partial charge in [-0.1, -0.05) is 30.3 Å². The minimum Gasteiger partial charge on any atom is -0.478 e. The van der Waals surface area contributed by atoms with Gasteiger partial charge in [-0.2, -0.15) is 0 Å². The van der Waals surface area contributed by atoms with Crippen molar-refractivity contribution in [1.29, 1.82) is 0 Å². The van der Waals surface area contributed by atoms with Gasteiger partial charge in [-0.3, -0.25) is 0 Å². The highest BCUT2D eigenvalue weighted by Crippen LogP contribution is 2.33. The van der Waals surface area contributed by atoms with Crippen LogP contribution >= 0.6 is 0 Å². The number of benzene rings is 2. The predicted octanol–water partition coefficient (Wildman–Crippen LogP) is 4.95. The normalized spacial score (nSPS) is 11.5. The summed E-state index contributed by atoms with van der Waals surface area (Å²) < 4.78 is 29.2. The SMILES string of the molecule is CC(F)(F)c1ccccc1-n1ccc(-c2cccc(C(=O)O)c2)c1. The second kappa shape index (κ2) is 5.92. The summed E-state index contributed by atoms with van der Waals surface area (Å²) in [4.78, 5) is 11.1. The first-order valence-corrected chi connectivity index (χ1v) is 7.36. The lowest BCUT2D eigenvalue weighted by atomic mass is 10.1. The van der Waals surface area contributed by atoms with E-state index in [0.717, 1.165) is 18.1 Å². The maximum absolute atomic E-state index is 13.8. The van der Waals surface area contributed by atoms with Crippen molar-refractivity contribution < 1.29 is 18.7 Å². The van der Waals surface area contributed by atoms with Gasteiger partial charge < -0.3 is 9.67 Å². The third-order valence-electron chi connectivity index (χ3n) is 3.79. The second-order valence-electron chi connectivity index (χ2n) is 5.60. The molecule has 122 valence electrons. The zero-order valence-corrected chi connectivity index (χ0v) is 12.9. The van der Waals surface area contributed by atoms with E-state index in [2.05, 4.69) is 0 Å². The summed E-state index contributed by atoms with van der Waals surface area (Å²) >= 11 is 0. The van der Waals surface area contributed by atoms with Gasteiger partial charge in [-0.15, -0.1) is 0 Å². The summed E-state index contributed by atoms with van der Waals surface area (Å²) in [5, 5.41) is 9.08. The standard InChI is InChI=1S/C19H15F2NO2/c1-19(20,21)16-7-2-3-8-17(16)22-10-9-15(12-22)13-5-4-6-14(11-13)18(23)24/h2-12H,1H3,(H,23,24). The lowest BCUT2D eigenvalue weighted by Gasteiger charge is -2.16. The monoisotopic (exact) mass is 327 g/mol. The number of nitrogens with zero attached hydrogens (tertiary/aromatic N) is 1. The predicted molar refractivity (Wildman–Crippen MR) is 87.7 cm³/mol. The van der Waals surface area contributed by atoms with Gasteiger partial charge in [0.15, 0.2) is 0 Å². The molecule has 0 radical (unpaired) electrons. The van der Waals surface area contributed by atoms with Gasteiger partial charge in [-0.05, 0) is 35.4 Å². The Kier molecular flexibility index (Phi) is 3.93. The van der Waals surface area contributed by atoms with E-state index in [9.17, 15) is 13.6 Å². The Morgan fingerprint density at radius 2 is 1.79 bits per heavy atom. The molecule has 0 aliphatic carbocycles. The van der Waals surface area contributed by atoms with E-state index in [4.69, 9.17) is 5.11 Å². The first-order valence-electron chi connectivity index (χ1n) is 7.36. The van der Waals surface area contributed by atoms with E-state index in [0.29, 0.717) is 5.69 Å². The summed E-state index contributed by atoms with van der Waals surface area (Å²) in [5.74, 6) is -3.96.